The number of anilines is 6. The zero-order valence-corrected chi connectivity index (χ0v) is 58.3. The monoisotopic (exact) mass is 1200 g/mol. The summed E-state index contributed by atoms with van der Waals surface area (Å²) in [6, 6.07) is 56.8. The number of rotatable bonds is 4. The number of nitrogens with zero attached hydrogens (tertiary/aromatic N) is 3. The van der Waals surface area contributed by atoms with Crippen LogP contribution >= 0.6 is 0 Å². The van der Waals surface area contributed by atoms with Gasteiger partial charge in [-0.1, -0.05) is 204 Å². The molecule has 4 nitrogen and oxygen atoms in total. The Morgan fingerprint density at radius 2 is 0.846 bits per heavy atom. The van der Waals surface area contributed by atoms with Gasteiger partial charge >= 0.3 is 0 Å². The molecule has 91 heavy (non-hydrogen) atoms. The lowest BCUT2D eigenvalue weighted by atomic mass is 9.35. The number of aromatic nitrogens is 1. The Hall–Kier alpha value is -7.24. The van der Waals surface area contributed by atoms with E-state index in [1.54, 1.807) is 0 Å². The maximum Gasteiger partial charge on any atom is 0.297 e. The molecule has 4 heterocycles. The fourth-order valence-corrected chi connectivity index (χ4v) is 18.1. The average Bonchev–Trinajstić information content (AvgIpc) is 1.67. The molecule has 0 radical (unpaired) electrons. The lowest BCUT2D eigenvalue weighted by Gasteiger charge is -2.52. The van der Waals surface area contributed by atoms with E-state index in [2.05, 4.69) is 285 Å². The van der Waals surface area contributed by atoms with Crippen LogP contribution in [0.25, 0.3) is 49.6 Å². The van der Waals surface area contributed by atoms with Crippen LogP contribution in [-0.4, -0.2) is 11.3 Å². The summed E-state index contributed by atoms with van der Waals surface area (Å²) < 4.78 is 10.8. The van der Waals surface area contributed by atoms with E-state index in [-0.39, 0.29) is 55.4 Å². The van der Waals surface area contributed by atoms with E-state index in [1.165, 1.54) is 159 Å². The summed E-state index contributed by atoms with van der Waals surface area (Å²) in [6.45, 7) is 46.1. The summed E-state index contributed by atoms with van der Waals surface area (Å²) in [7, 11) is 0. The van der Waals surface area contributed by atoms with Gasteiger partial charge in [-0.05, 0) is 233 Å². The fourth-order valence-electron chi connectivity index (χ4n) is 18.1. The Balaban J connectivity index is 1.13. The molecule has 0 atom stereocenters. The first kappa shape index (κ1) is 58.8. The SMILES string of the molecule is CC(C)(C)c1ccc(N2c3cc4c(cc3B3c5oc6cc7c(cc6c5N(c5cc6c(cc5-c5ccccc5)C(C)(C)CCC6(C)C)c5cc(-n6c8cc(C(C)(C)C)ccc8c8ccc(C(C)(C)C)cc86)cc2c53)C2(C)CCC7(C)CC2)C(C)(C)CCC4(C)C)cc1. The Labute approximate surface area is 543 Å². The molecular formula is C86H96BN3O. The van der Waals surface area contributed by atoms with Gasteiger partial charge in [0.05, 0.1) is 33.8 Å². The van der Waals surface area contributed by atoms with Gasteiger partial charge in [-0.2, -0.15) is 0 Å². The van der Waals surface area contributed by atoms with Crippen LogP contribution in [0.3, 0.4) is 0 Å². The average molecular weight is 1200 g/mol. The topological polar surface area (TPSA) is 24.6 Å². The molecule has 2 aliphatic heterocycles. The molecule has 0 unspecified atom stereocenters. The predicted octanol–water partition coefficient (Wildman–Crippen LogP) is 22.0. The van der Waals surface area contributed by atoms with Gasteiger partial charge in [0.15, 0.2) is 0 Å². The Kier molecular flexibility index (Phi) is 12.1. The lowest BCUT2D eigenvalue weighted by Crippen LogP contribution is -2.61. The highest BCUT2D eigenvalue weighted by Crippen LogP contribution is 2.60. The van der Waals surface area contributed by atoms with E-state index in [9.17, 15) is 0 Å². The van der Waals surface area contributed by atoms with Gasteiger partial charge in [-0.25, -0.2) is 0 Å². The molecule has 2 aromatic heterocycles. The van der Waals surface area contributed by atoms with Crippen LogP contribution < -0.4 is 26.4 Å². The Morgan fingerprint density at radius 3 is 1.36 bits per heavy atom. The number of benzene rings is 8. The molecule has 2 bridgehead atoms. The summed E-state index contributed by atoms with van der Waals surface area (Å²) in [5.41, 5.74) is 30.7. The van der Waals surface area contributed by atoms with Crippen molar-refractivity contribution in [2.75, 3.05) is 9.80 Å². The van der Waals surface area contributed by atoms with E-state index >= 15 is 0 Å². The number of fused-ring (bicyclic) bond motifs is 13. The quantitative estimate of drug-likeness (QED) is 0.164. The molecule has 0 amide bonds. The van der Waals surface area contributed by atoms with Gasteiger partial charge in [0.25, 0.3) is 6.71 Å². The first-order chi connectivity index (χ1) is 42.7. The second-order valence-corrected chi connectivity index (χ2v) is 35.7. The third-order valence-corrected chi connectivity index (χ3v) is 24.6. The molecule has 5 aliphatic carbocycles. The smallest absolute Gasteiger partial charge is 0.297 e. The van der Waals surface area contributed by atoms with Crippen LogP contribution in [0.1, 0.15) is 233 Å². The molecule has 0 N–H and O–H groups in total. The summed E-state index contributed by atoms with van der Waals surface area (Å²) in [6.07, 6.45) is 9.36. The lowest BCUT2D eigenvalue weighted by molar-refractivity contribution is 0.188. The Bertz CT molecular complexity index is 4670. The van der Waals surface area contributed by atoms with Crippen LogP contribution in [0.2, 0.25) is 0 Å². The molecule has 1 fully saturated rings. The minimum atomic E-state index is -0.227. The van der Waals surface area contributed by atoms with Crippen molar-refractivity contribution in [3.8, 4) is 16.8 Å². The van der Waals surface area contributed by atoms with Gasteiger partial charge in [-0.15, -0.1) is 0 Å². The summed E-state index contributed by atoms with van der Waals surface area (Å²) in [5.74, 6) is 0. The molecular weight excluding hydrogens is 1100 g/mol. The number of hydrogen-bond acceptors (Lipinski definition) is 3. The van der Waals surface area contributed by atoms with Gasteiger partial charge in [0.2, 0.25) is 0 Å². The summed E-state index contributed by atoms with van der Waals surface area (Å²) in [5, 5.41) is 3.77. The normalized spacial score (nSPS) is 21.6. The standard InChI is InChI=1S/C86H96BN3O/c1-78(2,3)52-25-29-55(30-26-52)88-71-49-64-62(82(12,13)34-36-84(64,16)17)47-67(71)87-75-72(88)43-56(89-68-41-53(79(4,5)6)27-31-57(68)58-32-28-54(42-69(58)89)80(7,8)9)44-73(75)90(76-60-46-65-66(50-74(60)91-77(76)87)86(19)39-37-85(65,18)38-40-86)70-48-63-61(81(10,11)33-35-83(63,14)15)45-59(70)51-23-21-20-22-24-51/h20-32,41-50H,33-40H2,1-19H3. The minimum absolute atomic E-state index is 0.0149. The highest BCUT2D eigenvalue weighted by Gasteiger charge is 2.53. The molecule has 17 rings (SSSR count). The Morgan fingerprint density at radius 1 is 0.385 bits per heavy atom. The third kappa shape index (κ3) is 8.59. The molecule has 7 aliphatic rings. The van der Waals surface area contributed by atoms with Crippen molar-refractivity contribution in [2.24, 2.45) is 0 Å². The predicted molar refractivity (Wildman–Crippen MR) is 390 cm³/mol. The fraction of sp³-hybridized carbons (Fsp3) is 0.419. The molecule has 0 saturated heterocycles. The van der Waals surface area contributed by atoms with Crippen molar-refractivity contribution in [1.29, 1.82) is 0 Å². The van der Waals surface area contributed by atoms with Crippen LogP contribution in [0, 0.1) is 0 Å². The highest BCUT2D eigenvalue weighted by molar-refractivity contribution is 7.00. The van der Waals surface area contributed by atoms with Crippen molar-refractivity contribution >= 4 is 90.2 Å². The largest absolute Gasteiger partial charge is 0.468 e. The summed E-state index contributed by atoms with van der Waals surface area (Å²) >= 11 is 0. The zero-order valence-electron chi connectivity index (χ0n) is 58.3. The van der Waals surface area contributed by atoms with Gasteiger partial charge in [-0.3, -0.25) is 0 Å². The maximum absolute atomic E-state index is 8.11. The van der Waals surface area contributed by atoms with Crippen molar-refractivity contribution in [3.63, 3.8) is 0 Å². The van der Waals surface area contributed by atoms with Gasteiger partial charge in [0.1, 0.15) is 5.58 Å². The van der Waals surface area contributed by atoms with E-state index in [0.717, 1.165) is 42.6 Å². The molecule has 1 saturated carbocycles. The van der Waals surface area contributed by atoms with E-state index in [1.807, 2.05) is 0 Å². The van der Waals surface area contributed by atoms with Crippen LogP contribution in [0.5, 0.6) is 0 Å². The van der Waals surface area contributed by atoms with Crippen molar-refractivity contribution in [3.05, 3.63) is 190 Å². The van der Waals surface area contributed by atoms with Crippen LogP contribution in [0.15, 0.2) is 144 Å². The van der Waals surface area contributed by atoms with Crippen molar-refractivity contribution in [1.82, 2.24) is 4.57 Å². The van der Waals surface area contributed by atoms with Crippen LogP contribution in [-0.2, 0) is 48.7 Å². The minimum Gasteiger partial charge on any atom is -0.468 e. The van der Waals surface area contributed by atoms with E-state index in [0.29, 0.717) is 0 Å². The summed E-state index contributed by atoms with van der Waals surface area (Å²) in [4.78, 5) is 5.48. The molecule has 8 aromatic carbocycles. The number of hydrogen-bond donors (Lipinski definition) is 0. The first-order valence-corrected chi connectivity index (χ1v) is 34.7. The van der Waals surface area contributed by atoms with Crippen LogP contribution in [0.4, 0.5) is 34.1 Å². The second kappa shape index (κ2) is 18.8. The van der Waals surface area contributed by atoms with Crippen molar-refractivity contribution < 1.29 is 4.42 Å². The third-order valence-electron chi connectivity index (χ3n) is 24.6. The van der Waals surface area contributed by atoms with Crippen molar-refractivity contribution in [2.45, 2.75) is 232 Å². The molecule has 0 spiro atoms. The highest BCUT2D eigenvalue weighted by atomic mass is 16.3. The second-order valence-electron chi connectivity index (χ2n) is 35.7. The van der Waals surface area contributed by atoms with E-state index in [4.69, 9.17) is 4.42 Å². The molecule has 5 heteroatoms. The molecule has 10 aromatic rings. The molecule has 464 valence electrons. The zero-order chi connectivity index (χ0) is 64.0. The number of furan rings is 1. The first-order valence-electron chi connectivity index (χ1n) is 34.7. The van der Waals surface area contributed by atoms with Gasteiger partial charge < -0.3 is 18.8 Å². The van der Waals surface area contributed by atoms with Gasteiger partial charge in [0, 0.05) is 44.5 Å². The maximum atomic E-state index is 8.11. The van der Waals surface area contributed by atoms with E-state index < -0.39 is 0 Å².